The molecule has 0 aliphatic carbocycles. The molecule has 0 unspecified atom stereocenters. The van der Waals surface area contributed by atoms with Gasteiger partial charge in [0.05, 0.1) is 13.2 Å². The third-order valence-electron chi connectivity index (χ3n) is 2.84. The van der Waals surface area contributed by atoms with E-state index in [4.69, 9.17) is 38.4 Å². The highest BCUT2D eigenvalue weighted by Gasteiger charge is 2.02. The van der Waals surface area contributed by atoms with Crippen LogP contribution in [0, 0.1) is 0 Å². The summed E-state index contributed by atoms with van der Waals surface area (Å²) in [5.74, 6) is 1.49. The number of ether oxygens (including phenoxy) is 2. The molecule has 5 heteroatoms. The molecule has 0 bridgehead atoms. The van der Waals surface area contributed by atoms with E-state index in [1.54, 1.807) is 18.2 Å². The molecule has 112 valence electrons. The Balaban J connectivity index is 1.75. The molecule has 0 spiro atoms. The number of hydrogen-bond acceptors (Lipinski definition) is 3. The van der Waals surface area contributed by atoms with Crippen LogP contribution >= 0.6 is 23.2 Å². The molecule has 2 aromatic rings. The molecule has 0 saturated carbocycles. The van der Waals surface area contributed by atoms with E-state index in [0.717, 1.165) is 17.7 Å². The number of rotatable bonds is 7. The van der Waals surface area contributed by atoms with Gasteiger partial charge in [-0.25, -0.2) is 0 Å². The lowest BCUT2D eigenvalue weighted by Gasteiger charge is -2.11. The quantitative estimate of drug-likeness (QED) is 0.772. The van der Waals surface area contributed by atoms with E-state index in [1.165, 1.54) is 0 Å². The molecular weight excluding hydrogens is 309 g/mol. The first-order chi connectivity index (χ1) is 10.2. The van der Waals surface area contributed by atoms with Gasteiger partial charge in [0.25, 0.3) is 0 Å². The van der Waals surface area contributed by atoms with Crippen LogP contribution in [0.1, 0.15) is 12.0 Å². The van der Waals surface area contributed by atoms with Crippen molar-refractivity contribution in [1.82, 2.24) is 0 Å². The Labute approximate surface area is 134 Å². The van der Waals surface area contributed by atoms with E-state index in [-0.39, 0.29) is 0 Å². The van der Waals surface area contributed by atoms with Crippen LogP contribution in [0.5, 0.6) is 11.5 Å². The SMILES string of the molecule is NCc1ccccc1OCCCOc1cc(Cl)cc(Cl)c1. The zero-order valence-electron chi connectivity index (χ0n) is 11.5. The van der Waals surface area contributed by atoms with Gasteiger partial charge in [-0.1, -0.05) is 41.4 Å². The maximum atomic E-state index is 5.90. The van der Waals surface area contributed by atoms with Crippen LogP contribution in [0.4, 0.5) is 0 Å². The number of benzene rings is 2. The molecule has 2 aromatic carbocycles. The molecule has 3 nitrogen and oxygen atoms in total. The maximum absolute atomic E-state index is 5.90. The Hall–Kier alpha value is -1.42. The van der Waals surface area contributed by atoms with Crippen molar-refractivity contribution in [3.05, 3.63) is 58.1 Å². The van der Waals surface area contributed by atoms with Gasteiger partial charge >= 0.3 is 0 Å². The van der Waals surface area contributed by atoms with E-state index >= 15 is 0 Å². The number of hydrogen-bond donors (Lipinski definition) is 1. The van der Waals surface area contributed by atoms with Crippen molar-refractivity contribution in [3.8, 4) is 11.5 Å². The van der Waals surface area contributed by atoms with E-state index in [1.807, 2.05) is 24.3 Å². The van der Waals surface area contributed by atoms with Crippen LogP contribution in [0.3, 0.4) is 0 Å². The van der Waals surface area contributed by atoms with Crippen LogP contribution in [-0.4, -0.2) is 13.2 Å². The third kappa shape index (κ3) is 5.12. The highest BCUT2D eigenvalue weighted by molar-refractivity contribution is 6.34. The summed E-state index contributed by atoms with van der Waals surface area (Å²) in [6.07, 6.45) is 0.753. The summed E-state index contributed by atoms with van der Waals surface area (Å²) >= 11 is 11.8. The van der Waals surface area contributed by atoms with Crippen molar-refractivity contribution in [3.63, 3.8) is 0 Å². The molecule has 0 atom stereocenters. The lowest BCUT2D eigenvalue weighted by atomic mass is 10.2. The topological polar surface area (TPSA) is 44.5 Å². The summed E-state index contributed by atoms with van der Waals surface area (Å²) < 4.78 is 11.3. The first-order valence-corrected chi connectivity index (χ1v) is 7.44. The Morgan fingerprint density at radius 1 is 0.905 bits per heavy atom. The van der Waals surface area contributed by atoms with E-state index in [0.29, 0.717) is 35.6 Å². The average Bonchev–Trinajstić information content (AvgIpc) is 2.46. The van der Waals surface area contributed by atoms with Gasteiger partial charge in [-0.15, -0.1) is 0 Å². The number of para-hydroxylation sites is 1. The normalized spacial score (nSPS) is 10.4. The zero-order chi connectivity index (χ0) is 15.1. The monoisotopic (exact) mass is 325 g/mol. The molecule has 0 fully saturated rings. The minimum atomic E-state index is 0.466. The highest BCUT2D eigenvalue weighted by atomic mass is 35.5. The Bertz CT molecular complexity index is 570. The van der Waals surface area contributed by atoms with Gasteiger partial charge in [0.15, 0.2) is 0 Å². The fourth-order valence-electron chi connectivity index (χ4n) is 1.86. The standard InChI is InChI=1S/C16H17Cl2NO2/c17-13-8-14(18)10-15(9-13)20-6-3-7-21-16-5-2-1-4-12(16)11-19/h1-2,4-5,8-10H,3,6-7,11,19H2. The Morgan fingerprint density at radius 2 is 1.57 bits per heavy atom. The van der Waals surface area contributed by atoms with E-state index < -0.39 is 0 Å². The van der Waals surface area contributed by atoms with Crippen LogP contribution in [-0.2, 0) is 6.54 Å². The molecule has 0 heterocycles. The van der Waals surface area contributed by atoms with E-state index in [9.17, 15) is 0 Å². The van der Waals surface area contributed by atoms with Crippen LogP contribution in [0.25, 0.3) is 0 Å². The summed E-state index contributed by atoms with van der Waals surface area (Å²) in [5.41, 5.74) is 6.66. The van der Waals surface area contributed by atoms with Crippen molar-refractivity contribution >= 4 is 23.2 Å². The van der Waals surface area contributed by atoms with Crippen LogP contribution < -0.4 is 15.2 Å². The predicted octanol–water partition coefficient (Wildman–Crippen LogP) is 4.30. The van der Waals surface area contributed by atoms with Gasteiger partial charge in [0, 0.05) is 28.6 Å². The molecule has 0 aromatic heterocycles. The van der Waals surface area contributed by atoms with Crippen LogP contribution in [0.15, 0.2) is 42.5 Å². The first-order valence-electron chi connectivity index (χ1n) is 6.68. The molecule has 0 saturated heterocycles. The second kappa shape index (κ2) is 8.13. The lowest BCUT2D eigenvalue weighted by Crippen LogP contribution is -2.07. The molecule has 2 rings (SSSR count). The van der Waals surface area contributed by atoms with Crippen molar-refractivity contribution in [1.29, 1.82) is 0 Å². The van der Waals surface area contributed by atoms with Gasteiger partial charge in [0.2, 0.25) is 0 Å². The molecule has 0 aliphatic heterocycles. The van der Waals surface area contributed by atoms with Crippen LogP contribution in [0.2, 0.25) is 10.0 Å². The Kier molecular flexibility index (Phi) is 6.18. The van der Waals surface area contributed by atoms with Crippen molar-refractivity contribution in [2.75, 3.05) is 13.2 Å². The highest BCUT2D eigenvalue weighted by Crippen LogP contribution is 2.24. The summed E-state index contributed by atoms with van der Waals surface area (Å²) in [6.45, 7) is 1.56. The number of halogens is 2. The summed E-state index contributed by atoms with van der Waals surface area (Å²) in [7, 11) is 0. The molecule has 0 amide bonds. The van der Waals surface area contributed by atoms with Gasteiger partial charge in [-0.3, -0.25) is 0 Å². The van der Waals surface area contributed by atoms with Crippen molar-refractivity contribution in [2.24, 2.45) is 5.73 Å². The minimum absolute atomic E-state index is 0.466. The molecule has 21 heavy (non-hydrogen) atoms. The molecule has 0 radical (unpaired) electrons. The van der Waals surface area contributed by atoms with Crippen molar-refractivity contribution < 1.29 is 9.47 Å². The third-order valence-corrected chi connectivity index (χ3v) is 3.28. The summed E-state index contributed by atoms with van der Waals surface area (Å²) in [5, 5.41) is 1.12. The minimum Gasteiger partial charge on any atom is -0.493 e. The summed E-state index contributed by atoms with van der Waals surface area (Å²) in [4.78, 5) is 0. The molecule has 2 N–H and O–H groups in total. The fraction of sp³-hybridized carbons (Fsp3) is 0.250. The first kappa shape index (κ1) is 16.0. The molecular formula is C16H17Cl2NO2. The van der Waals surface area contributed by atoms with Gasteiger partial charge in [0.1, 0.15) is 11.5 Å². The van der Waals surface area contributed by atoms with Crippen molar-refractivity contribution in [2.45, 2.75) is 13.0 Å². The second-order valence-electron chi connectivity index (χ2n) is 4.47. The number of nitrogens with two attached hydrogens (primary N) is 1. The predicted molar refractivity (Wildman–Crippen MR) is 86.4 cm³/mol. The largest absolute Gasteiger partial charge is 0.493 e. The Morgan fingerprint density at radius 3 is 2.29 bits per heavy atom. The van der Waals surface area contributed by atoms with Gasteiger partial charge in [-0.05, 0) is 24.3 Å². The lowest BCUT2D eigenvalue weighted by molar-refractivity contribution is 0.246. The smallest absolute Gasteiger partial charge is 0.123 e. The zero-order valence-corrected chi connectivity index (χ0v) is 13.0. The van der Waals surface area contributed by atoms with E-state index in [2.05, 4.69) is 0 Å². The second-order valence-corrected chi connectivity index (χ2v) is 5.34. The van der Waals surface area contributed by atoms with Gasteiger partial charge < -0.3 is 15.2 Å². The molecule has 0 aliphatic rings. The fourth-order valence-corrected chi connectivity index (χ4v) is 2.36. The average molecular weight is 326 g/mol. The summed E-state index contributed by atoms with van der Waals surface area (Å²) in [6, 6.07) is 12.9. The van der Waals surface area contributed by atoms with Gasteiger partial charge in [-0.2, -0.15) is 0 Å². The maximum Gasteiger partial charge on any atom is 0.123 e.